The molecule has 0 amide bonds. The predicted octanol–water partition coefficient (Wildman–Crippen LogP) is 3.65. The fourth-order valence-electron chi connectivity index (χ4n) is 3.16. The van der Waals surface area contributed by atoms with Gasteiger partial charge in [-0.15, -0.1) is 0 Å². The van der Waals surface area contributed by atoms with E-state index in [9.17, 15) is 9.90 Å². The molecular formula is C15H22O2. The van der Waals surface area contributed by atoms with Crippen molar-refractivity contribution in [2.24, 2.45) is 23.2 Å². The van der Waals surface area contributed by atoms with Crippen molar-refractivity contribution < 1.29 is 9.90 Å². The molecule has 2 nitrogen and oxygen atoms in total. The van der Waals surface area contributed by atoms with Gasteiger partial charge < -0.3 is 5.11 Å². The van der Waals surface area contributed by atoms with Gasteiger partial charge in [-0.2, -0.15) is 0 Å². The molecule has 0 aliphatic heterocycles. The Morgan fingerprint density at radius 1 is 1.47 bits per heavy atom. The predicted molar refractivity (Wildman–Crippen MR) is 68.6 cm³/mol. The molecule has 2 rings (SSSR count). The lowest BCUT2D eigenvalue weighted by atomic mass is 9.58. The van der Waals surface area contributed by atoms with Gasteiger partial charge >= 0.3 is 0 Å². The summed E-state index contributed by atoms with van der Waals surface area (Å²) in [7, 11) is 0. The first-order valence-electron chi connectivity index (χ1n) is 6.52. The van der Waals surface area contributed by atoms with Gasteiger partial charge in [-0.1, -0.05) is 39.8 Å². The molecule has 94 valence electrons. The standard InChI is InChI=1S/C15H22O2/c1-9(2)11-8-15(4)10(3)6-5-7-12(15)14(17)13(11)16/h5,7,9-11,17H,6,8H2,1-4H3. The quantitative estimate of drug-likeness (QED) is 0.752. The fourth-order valence-corrected chi connectivity index (χ4v) is 3.16. The third kappa shape index (κ3) is 1.74. The van der Waals surface area contributed by atoms with Crippen LogP contribution in [0.15, 0.2) is 23.5 Å². The van der Waals surface area contributed by atoms with E-state index >= 15 is 0 Å². The summed E-state index contributed by atoms with van der Waals surface area (Å²) in [5.74, 6) is 0.698. The van der Waals surface area contributed by atoms with Crippen LogP contribution >= 0.6 is 0 Å². The third-order valence-electron chi connectivity index (χ3n) is 4.75. The number of ketones is 1. The lowest BCUT2D eigenvalue weighted by molar-refractivity contribution is -0.126. The summed E-state index contributed by atoms with van der Waals surface area (Å²) in [4.78, 5) is 12.1. The van der Waals surface area contributed by atoms with Gasteiger partial charge in [0.2, 0.25) is 5.78 Å². The van der Waals surface area contributed by atoms with Gasteiger partial charge in [-0.25, -0.2) is 0 Å². The van der Waals surface area contributed by atoms with E-state index in [0.29, 0.717) is 11.8 Å². The molecule has 1 N–H and O–H groups in total. The summed E-state index contributed by atoms with van der Waals surface area (Å²) in [5.41, 5.74) is 0.819. The molecule has 0 saturated heterocycles. The molecule has 3 unspecified atom stereocenters. The number of Topliss-reactive ketones (excluding diaryl/α,β-unsaturated/α-hetero) is 1. The molecule has 3 atom stereocenters. The number of hydrogen-bond acceptors (Lipinski definition) is 2. The van der Waals surface area contributed by atoms with Crippen LogP contribution in [0.1, 0.15) is 40.5 Å². The molecule has 2 aliphatic rings. The summed E-state index contributed by atoms with van der Waals surface area (Å²) >= 11 is 0. The van der Waals surface area contributed by atoms with Crippen molar-refractivity contribution in [3.05, 3.63) is 23.5 Å². The summed E-state index contributed by atoms with van der Waals surface area (Å²) < 4.78 is 0. The normalized spacial score (nSPS) is 37.6. The van der Waals surface area contributed by atoms with Gasteiger partial charge in [0.05, 0.1) is 0 Å². The van der Waals surface area contributed by atoms with Gasteiger partial charge in [0, 0.05) is 11.5 Å². The molecule has 0 aromatic carbocycles. The van der Waals surface area contributed by atoms with E-state index in [0.717, 1.165) is 18.4 Å². The Morgan fingerprint density at radius 3 is 2.71 bits per heavy atom. The Morgan fingerprint density at radius 2 is 2.12 bits per heavy atom. The van der Waals surface area contributed by atoms with E-state index in [2.05, 4.69) is 33.8 Å². The second kappa shape index (κ2) is 4.01. The minimum absolute atomic E-state index is 0.0141. The van der Waals surface area contributed by atoms with Gasteiger partial charge in [0.15, 0.2) is 5.76 Å². The zero-order valence-electron chi connectivity index (χ0n) is 11.2. The van der Waals surface area contributed by atoms with E-state index in [1.54, 1.807) is 0 Å². The van der Waals surface area contributed by atoms with E-state index in [-0.39, 0.29) is 22.9 Å². The molecule has 0 radical (unpaired) electrons. The third-order valence-corrected chi connectivity index (χ3v) is 4.75. The van der Waals surface area contributed by atoms with Crippen LogP contribution in [0.2, 0.25) is 0 Å². The van der Waals surface area contributed by atoms with E-state index in [1.807, 2.05) is 6.08 Å². The monoisotopic (exact) mass is 234 g/mol. The van der Waals surface area contributed by atoms with Gasteiger partial charge in [0.1, 0.15) is 0 Å². The molecule has 17 heavy (non-hydrogen) atoms. The van der Waals surface area contributed by atoms with Crippen molar-refractivity contribution in [3.63, 3.8) is 0 Å². The lowest BCUT2D eigenvalue weighted by Crippen LogP contribution is -2.41. The fraction of sp³-hybridized carbons (Fsp3) is 0.667. The second-order valence-corrected chi connectivity index (χ2v) is 6.14. The summed E-state index contributed by atoms with van der Waals surface area (Å²) in [6.07, 6.45) is 5.92. The first kappa shape index (κ1) is 12.4. The minimum Gasteiger partial charge on any atom is -0.504 e. The number of carbonyl (C=O) groups is 1. The average molecular weight is 234 g/mol. The Kier molecular flexibility index (Phi) is 2.92. The molecule has 2 aliphatic carbocycles. The number of allylic oxidation sites excluding steroid dienone is 4. The lowest BCUT2D eigenvalue weighted by Gasteiger charge is -2.45. The smallest absolute Gasteiger partial charge is 0.200 e. The van der Waals surface area contributed by atoms with Crippen LogP contribution in [-0.2, 0) is 4.79 Å². The van der Waals surface area contributed by atoms with Crippen LogP contribution in [0, 0.1) is 23.2 Å². The Labute approximate surface area is 103 Å². The molecule has 0 bridgehead atoms. The van der Waals surface area contributed by atoms with Crippen LogP contribution in [0.4, 0.5) is 0 Å². The Hall–Kier alpha value is -1.05. The van der Waals surface area contributed by atoms with Crippen LogP contribution < -0.4 is 0 Å². The van der Waals surface area contributed by atoms with E-state index in [1.165, 1.54) is 0 Å². The Balaban J connectivity index is 2.52. The topological polar surface area (TPSA) is 37.3 Å². The van der Waals surface area contributed by atoms with Crippen molar-refractivity contribution in [3.8, 4) is 0 Å². The average Bonchev–Trinajstić information content (AvgIpc) is 2.26. The number of hydrogen-bond donors (Lipinski definition) is 1. The summed E-state index contributed by atoms with van der Waals surface area (Å²) in [6, 6.07) is 0. The molecule has 0 fully saturated rings. The van der Waals surface area contributed by atoms with Gasteiger partial charge in [-0.3, -0.25) is 4.79 Å². The van der Waals surface area contributed by atoms with Crippen LogP contribution in [-0.4, -0.2) is 10.9 Å². The zero-order chi connectivity index (χ0) is 12.8. The first-order valence-corrected chi connectivity index (χ1v) is 6.52. The van der Waals surface area contributed by atoms with Gasteiger partial charge in [0.25, 0.3) is 0 Å². The number of rotatable bonds is 1. The number of fused-ring (bicyclic) bond motifs is 1. The SMILES string of the molecule is CC(C)C1CC2(C)C(=C(O)C1=O)C=CCC2C. The second-order valence-electron chi connectivity index (χ2n) is 6.14. The number of aliphatic hydroxyl groups is 1. The van der Waals surface area contributed by atoms with Crippen molar-refractivity contribution in [2.45, 2.75) is 40.5 Å². The maximum Gasteiger partial charge on any atom is 0.200 e. The number of aliphatic hydroxyl groups excluding tert-OH is 1. The number of carbonyl (C=O) groups excluding carboxylic acids is 1. The van der Waals surface area contributed by atoms with Crippen LogP contribution in [0.3, 0.4) is 0 Å². The zero-order valence-corrected chi connectivity index (χ0v) is 11.2. The highest BCUT2D eigenvalue weighted by Crippen LogP contribution is 2.51. The molecule has 0 aromatic heterocycles. The van der Waals surface area contributed by atoms with Crippen molar-refractivity contribution in [2.75, 3.05) is 0 Å². The summed E-state index contributed by atoms with van der Waals surface area (Å²) in [6.45, 7) is 8.53. The maximum absolute atomic E-state index is 12.1. The molecule has 0 aromatic rings. The van der Waals surface area contributed by atoms with Gasteiger partial charge in [-0.05, 0) is 30.1 Å². The maximum atomic E-state index is 12.1. The molecular weight excluding hydrogens is 212 g/mol. The largest absolute Gasteiger partial charge is 0.504 e. The van der Waals surface area contributed by atoms with Crippen molar-refractivity contribution in [1.29, 1.82) is 0 Å². The molecule has 2 heteroatoms. The van der Waals surface area contributed by atoms with E-state index < -0.39 is 0 Å². The molecule has 0 spiro atoms. The van der Waals surface area contributed by atoms with Crippen molar-refractivity contribution in [1.82, 2.24) is 0 Å². The highest BCUT2D eigenvalue weighted by atomic mass is 16.3. The molecule has 0 saturated carbocycles. The molecule has 0 heterocycles. The van der Waals surface area contributed by atoms with Crippen molar-refractivity contribution >= 4 is 5.78 Å². The first-order chi connectivity index (χ1) is 7.88. The van der Waals surface area contributed by atoms with E-state index in [4.69, 9.17) is 0 Å². The highest BCUT2D eigenvalue weighted by Gasteiger charge is 2.47. The van der Waals surface area contributed by atoms with Crippen LogP contribution in [0.5, 0.6) is 0 Å². The summed E-state index contributed by atoms with van der Waals surface area (Å²) in [5, 5.41) is 10.2. The highest BCUT2D eigenvalue weighted by molar-refractivity contribution is 5.97. The van der Waals surface area contributed by atoms with Crippen LogP contribution in [0.25, 0.3) is 0 Å². The minimum atomic E-state index is -0.0637. The Bertz CT molecular complexity index is 403.